The minimum atomic E-state index is 0.995. The van der Waals surface area contributed by atoms with Crippen LogP contribution in [0, 0.1) is 0 Å². The van der Waals surface area contributed by atoms with Crippen LogP contribution in [0.5, 0.6) is 0 Å². The maximum absolute atomic E-state index is 4.25. The second-order valence-electron chi connectivity index (χ2n) is 10.8. The van der Waals surface area contributed by atoms with E-state index in [0.717, 1.165) is 19.4 Å². The molecule has 0 unspecified atom stereocenters. The highest BCUT2D eigenvalue weighted by molar-refractivity contribution is 5.49. The number of allylic oxidation sites excluding steroid dienone is 1. The maximum atomic E-state index is 4.25. The van der Waals surface area contributed by atoms with Gasteiger partial charge >= 0.3 is 0 Å². The Kier molecular flexibility index (Phi) is 16.0. The van der Waals surface area contributed by atoms with Gasteiger partial charge in [0.05, 0.1) is 0 Å². The summed E-state index contributed by atoms with van der Waals surface area (Å²) in [5.41, 5.74) is 4.17. The molecule has 0 saturated carbocycles. The van der Waals surface area contributed by atoms with Gasteiger partial charge in [0.25, 0.3) is 0 Å². The fourth-order valence-corrected chi connectivity index (χ4v) is 5.35. The molecule has 0 atom stereocenters. The summed E-state index contributed by atoms with van der Waals surface area (Å²) in [6, 6.07) is 0. The van der Waals surface area contributed by atoms with Gasteiger partial charge in [0.2, 0.25) is 0 Å². The molecular formula is C32H56N2. The minimum Gasteiger partial charge on any atom is -0.388 e. The van der Waals surface area contributed by atoms with Gasteiger partial charge in [-0.15, -0.1) is 0 Å². The molecular weight excluding hydrogens is 412 g/mol. The third kappa shape index (κ3) is 12.3. The standard InChI is InChI=1S/C32H56N2/c1-4-5-6-7-8-9-10-11-12-13-14-15-16-17-18-19-20-23-29(3)33-26-25-30-27-34-32-28(2)22-21-24-31(30)32/h24,27,33-34H,3-23,25-26H2,1-2H3. The van der Waals surface area contributed by atoms with Crippen LogP contribution in [0.25, 0.3) is 11.6 Å². The molecule has 1 heterocycles. The predicted molar refractivity (Wildman–Crippen MR) is 152 cm³/mol. The molecule has 34 heavy (non-hydrogen) atoms. The first kappa shape index (κ1) is 28.8. The summed E-state index contributed by atoms with van der Waals surface area (Å²) in [6.45, 7) is 9.80. The van der Waals surface area contributed by atoms with Gasteiger partial charge in [0.15, 0.2) is 0 Å². The second-order valence-corrected chi connectivity index (χ2v) is 10.8. The van der Waals surface area contributed by atoms with Crippen molar-refractivity contribution in [1.82, 2.24) is 10.3 Å². The van der Waals surface area contributed by atoms with Crippen LogP contribution in [-0.4, -0.2) is 11.5 Å². The van der Waals surface area contributed by atoms with Gasteiger partial charge in [0.1, 0.15) is 0 Å². The predicted octanol–water partition coefficient (Wildman–Crippen LogP) is 8.45. The summed E-state index contributed by atoms with van der Waals surface area (Å²) in [6.07, 6.45) is 33.5. The molecule has 194 valence electrons. The summed E-state index contributed by atoms with van der Waals surface area (Å²) in [4.78, 5) is 3.48. The van der Waals surface area contributed by atoms with Gasteiger partial charge in [0, 0.05) is 23.8 Å². The zero-order valence-corrected chi connectivity index (χ0v) is 22.9. The van der Waals surface area contributed by atoms with Gasteiger partial charge in [-0.3, -0.25) is 0 Å². The summed E-state index contributed by atoms with van der Waals surface area (Å²) >= 11 is 0. The molecule has 2 heteroatoms. The summed E-state index contributed by atoms with van der Waals surface area (Å²) in [5, 5.41) is 6.38. The molecule has 0 aliphatic heterocycles. The van der Waals surface area contributed by atoms with E-state index >= 15 is 0 Å². The lowest BCUT2D eigenvalue weighted by molar-refractivity contribution is 0.526. The van der Waals surface area contributed by atoms with Crippen LogP contribution in [0.1, 0.15) is 148 Å². The van der Waals surface area contributed by atoms with E-state index in [1.807, 2.05) is 0 Å². The number of aromatic nitrogens is 1. The maximum Gasteiger partial charge on any atom is 0.0442 e. The van der Waals surface area contributed by atoms with E-state index in [9.17, 15) is 0 Å². The summed E-state index contributed by atoms with van der Waals surface area (Å²) < 4.78 is 0. The first-order valence-corrected chi connectivity index (χ1v) is 15.0. The number of fused-ring (bicyclic) bond motifs is 1. The minimum absolute atomic E-state index is 0.995. The van der Waals surface area contributed by atoms with Crippen molar-refractivity contribution in [1.29, 1.82) is 0 Å². The zero-order valence-electron chi connectivity index (χ0n) is 22.9. The first-order chi connectivity index (χ1) is 16.7. The van der Waals surface area contributed by atoms with Crippen molar-refractivity contribution < 1.29 is 0 Å². The van der Waals surface area contributed by atoms with E-state index in [1.54, 1.807) is 0 Å². The lowest BCUT2D eigenvalue weighted by atomic mass is 10.0. The lowest BCUT2D eigenvalue weighted by Crippen LogP contribution is -2.30. The van der Waals surface area contributed by atoms with Crippen LogP contribution in [0.3, 0.4) is 0 Å². The van der Waals surface area contributed by atoms with E-state index in [4.69, 9.17) is 0 Å². The number of rotatable bonds is 22. The SMILES string of the molecule is C=C(CCCCCCCCCCCCCCCCCCC)NCCc1c[nH]c2c1=CCCC=2C. The Morgan fingerprint density at radius 1 is 0.824 bits per heavy atom. The van der Waals surface area contributed by atoms with Crippen molar-refractivity contribution in [2.24, 2.45) is 0 Å². The Morgan fingerprint density at radius 2 is 1.35 bits per heavy atom. The van der Waals surface area contributed by atoms with E-state index in [-0.39, 0.29) is 0 Å². The van der Waals surface area contributed by atoms with Crippen molar-refractivity contribution in [3.8, 4) is 0 Å². The summed E-state index contributed by atoms with van der Waals surface area (Å²) in [5.74, 6) is 0. The van der Waals surface area contributed by atoms with Crippen molar-refractivity contribution in [2.45, 2.75) is 149 Å². The Balaban J connectivity index is 1.33. The molecule has 0 amide bonds. The molecule has 0 radical (unpaired) electrons. The Labute approximate surface area is 211 Å². The van der Waals surface area contributed by atoms with Crippen molar-refractivity contribution in [2.75, 3.05) is 6.54 Å². The summed E-state index contributed by atoms with van der Waals surface area (Å²) in [7, 11) is 0. The highest BCUT2D eigenvalue weighted by atomic mass is 14.9. The van der Waals surface area contributed by atoms with Crippen LogP contribution in [-0.2, 0) is 6.42 Å². The van der Waals surface area contributed by atoms with Crippen LogP contribution >= 0.6 is 0 Å². The Hall–Kier alpha value is -1.44. The zero-order chi connectivity index (χ0) is 24.3. The molecule has 1 aromatic rings. The van der Waals surface area contributed by atoms with Crippen molar-refractivity contribution >= 4 is 11.6 Å². The second kappa shape index (κ2) is 18.8. The fourth-order valence-electron chi connectivity index (χ4n) is 5.35. The molecule has 1 aliphatic rings. The number of hydrogen-bond acceptors (Lipinski definition) is 1. The van der Waals surface area contributed by atoms with Crippen LogP contribution in [0.2, 0.25) is 0 Å². The van der Waals surface area contributed by atoms with Crippen LogP contribution in [0.15, 0.2) is 18.5 Å². The van der Waals surface area contributed by atoms with Crippen LogP contribution < -0.4 is 15.9 Å². The highest BCUT2D eigenvalue weighted by Gasteiger charge is 2.06. The molecule has 2 rings (SSSR count). The van der Waals surface area contributed by atoms with Crippen molar-refractivity contribution in [3.05, 3.63) is 34.6 Å². The topological polar surface area (TPSA) is 27.8 Å². The molecule has 0 saturated heterocycles. The monoisotopic (exact) mass is 468 g/mol. The van der Waals surface area contributed by atoms with Gasteiger partial charge in [-0.1, -0.05) is 122 Å². The van der Waals surface area contributed by atoms with Gasteiger partial charge < -0.3 is 10.3 Å². The number of nitrogens with one attached hydrogen (secondary N) is 2. The molecule has 0 spiro atoms. The molecule has 2 N–H and O–H groups in total. The number of aromatic amines is 1. The molecule has 0 aromatic carbocycles. The highest BCUT2D eigenvalue weighted by Crippen LogP contribution is 2.15. The fraction of sp³-hybridized carbons (Fsp3) is 0.750. The number of H-pyrrole nitrogens is 1. The lowest BCUT2D eigenvalue weighted by Gasteiger charge is -2.09. The smallest absolute Gasteiger partial charge is 0.0442 e. The normalized spacial score (nSPS) is 13.1. The molecule has 1 aromatic heterocycles. The van der Waals surface area contributed by atoms with E-state index < -0.39 is 0 Å². The quantitative estimate of drug-likeness (QED) is 0.164. The van der Waals surface area contributed by atoms with Gasteiger partial charge in [-0.05, 0) is 55.4 Å². The molecule has 0 fully saturated rings. The third-order valence-corrected chi connectivity index (χ3v) is 7.65. The third-order valence-electron chi connectivity index (χ3n) is 7.65. The Bertz CT molecular complexity index is 769. The van der Waals surface area contributed by atoms with E-state index in [2.05, 4.69) is 43.0 Å². The van der Waals surface area contributed by atoms with E-state index in [0.29, 0.717) is 0 Å². The first-order valence-electron chi connectivity index (χ1n) is 15.0. The largest absolute Gasteiger partial charge is 0.388 e. The van der Waals surface area contributed by atoms with Crippen molar-refractivity contribution in [3.63, 3.8) is 0 Å². The van der Waals surface area contributed by atoms with Gasteiger partial charge in [-0.2, -0.15) is 0 Å². The molecule has 0 bridgehead atoms. The molecule has 1 aliphatic carbocycles. The Morgan fingerprint density at radius 3 is 1.91 bits per heavy atom. The average molecular weight is 469 g/mol. The van der Waals surface area contributed by atoms with Crippen LogP contribution in [0.4, 0.5) is 0 Å². The average Bonchev–Trinajstić information content (AvgIpc) is 3.25. The number of hydrogen-bond donors (Lipinski definition) is 2. The van der Waals surface area contributed by atoms with E-state index in [1.165, 1.54) is 149 Å². The van der Waals surface area contributed by atoms with Gasteiger partial charge in [-0.25, -0.2) is 0 Å². The molecule has 2 nitrogen and oxygen atoms in total. The number of unbranched alkanes of at least 4 members (excludes halogenated alkanes) is 16.